The lowest BCUT2D eigenvalue weighted by Crippen LogP contribution is -2.26. The van der Waals surface area contributed by atoms with Crippen LogP contribution in [-0.2, 0) is 11.3 Å². The number of rotatable bonds is 5. The Morgan fingerprint density at radius 3 is 2.18 bits per heavy atom. The van der Waals surface area contributed by atoms with E-state index in [-0.39, 0.29) is 23.9 Å². The fourth-order valence-corrected chi connectivity index (χ4v) is 2.70. The summed E-state index contributed by atoms with van der Waals surface area (Å²) in [6.07, 6.45) is 1.63. The number of aryl methyl sites for hydroxylation is 1. The number of pyridine rings is 1. The van der Waals surface area contributed by atoms with Crippen LogP contribution in [-0.4, -0.2) is 16.4 Å². The van der Waals surface area contributed by atoms with Gasteiger partial charge < -0.3 is 15.2 Å². The number of hydrogen-bond donors (Lipinski definition) is 2. The minimum Gasteiger partial charge on any atom is -0.325 e. The van der Waals surface area contributed by atoms with Crippen LogP contribution in [0, 0.1) is 6.92 Å². The molecule has 0 saturated carbocycles. The lowest BCUT2D eigenvalue weighted by Gasteiger charge is -2.09. The number of carbonyl (C=O) groups excluding carboxylic acids is 2. The molecule has 0 bridgehead atoms. The zero-order valence-corrected chi connectivity index (χ0v) is 15.9. The Morgan fingerprint density at radius 1 is 0.893 bits per heavy atom. The van der Waals surface area contributed by atoms with Crippen molar-refractivity contribution in [3.8, 4) is 0 Å². The van der Waals surface area contributed by atoms with Crippen LogP contribution in [0.3, 0.4) is 0 Å². The number of nitrogens with one attached hydrogen (secondary N) is 2. The topological polar surface area (TPSA) is 80.2 Å². The van der Waals surface area contributed by atoms with Gasteiger partial charge in [-0.3, -0.25) is 14.4 Å². The van der Waals surface area contributed by atoms with Crippen molar-refractivity contribution in [1.29, 1.82) is 0 Å². The Hall–Kier alpha value is -3.38. The Labute approximate surface area is 166 Å². The van der Waals surface area contributed by atoms with Crippen LogP contribution < -0.4 is 16.2 Å². The van der Waals surface area contributed by atoms with E-state index < -0.39 is 0 Å². The van der Waals surface area contributed by atoms with Crippen LogP contribution in [0.1, 0.15) is 15.9 Å². The van der Waals surface area contributed by atoms with Crippen LogP contribution in [0.25, 0.3) is 0 Å². The molecule has 0 fully saturated rings. The van der Waals surface area contributed by atoms with Gasteiger partial charge in [0.15, 0.2) is 0 Å². The van der Waals surface area contributed by atoms with E-state index in [1.165, 1.54) is 10.6 Å². The molecule has 2 amide bonds. The molecule has 142 valence electrons. The lowest BCUT2D eigenvalue weighted by molar-refractivity contribution is -0.116. The summed E-state index contributed by atoms with van der Waals surface area (Å²) in [5.41, 5.74) is 2.27. The van der Waals surface area contributed by atoms with Gasteiger partial charge in [-0.15, -0.1) is 0 Å². The second kappa shape index (κ2) is 8.54. The summed E-state index contributed by atoms with van der Waals surface area (Å²) < 4.78 is 1.35. The number of nitrogens with zero attached hydrogens (tertiary/aromatic N) is 1. The third-order valence-electron chi connectivity index (χ3n) is 3.98. The number of aromatic nitrogens is 1. The van der Waals surface area contributed by atoms with Crippen LogP contribution in [0.5, 0.6) is 0 Å². The zero-order valence-electron chi connectivity index (χ0n) is 15.1. The summed E-state index contributed by atoms with van der Waals surface area (Å²) in [4.78, 5) is 36.2. The van der Waals surface area contributed by atoms with Crippen molar-refractivity contribution < 1.29 is 9.59 Å². The molecular weight excluding hydrogens is 378 g/mol. The number of halogens is 1. The van der Waals surface area contributed by atoms with E-state index in [2.05, 4.69) is 10.6 Å². The van der Waals surface area contributed by atoms with Gasteiger partial charge in [-0.25, -0.2) is 0 Å². The highest BCUT2D eigenvalue weighted by Gasteiger charge is 2.08. The first kappa shape index (κ1) is 19.4. The van der Waals surface area contributed by atoms with Gasteiger partial charge in [0.2, 0.25) is 5.91 Å². The molecule has 1 aromatic heterocycles. The van der Waals surface area contributed by atoms with Gasteiger partial charge in [0.1, 0.15) is 6.54 Å². The molecule has 7 heteroatoms. The van der Waals surface area contributed by atoms with Crippen molar-refractivity contribution in [1.82, 2.24) is 4.57 Å². The van der Waals surface area contributed by atoms with Gasteiger partial charge in [0, 0.05) is 34.2 Å². The van der Waals surface area contributed by atoms with Crippen molar-refractivity contribution in [2.24, 2.45) is 0 Å². The Kier molecular flexibility index (Phi) is 5.91. The van der Waals surface area contributed by atoms with Gasteiger partial charge in [-0.1, -0.05) is 17.7 Å². The summed E-state index contributed by atoms with van der Waals surface area (Å²) in [6.45, 7) is 1.76. The molecule has 0 aliphatic rings. The predicted octanol–water partition coefficient (Wildman–Crippen LogP) is 3.70. The SMILES string of the molecule is Cc1ccc(=O)n(CC(=O)Nc2ccc(C(=O)Nc3ccc(Cl)cc3)cc2)c1. The highest BCUT2D eigenvalue weighted by atomic mass is 35.5. The molecule has 3 rings (SSSR count). The summed E-state index contributed by atoms with van der Waals surface area (Å²) in [6, 6.07) is 16.4. The lowest BCUT2D eigenvalue weighted by atomic mass is 10.2. The molecule has 0 aliphatic carbocycles. The summed E-state index contributed by atoms with van der Waals surface area (Å²) in [5, 5.41) is 6.07. The van der Waals surface area contributed by atoms with E-state index >= 15 is 0 Å². The maximum Gasteiger partial charge on any atom is 0.255 e. The second-order valence-electron chi connectivity index (χ2n) is 6.26. The highest BCUT2D eigenvalue weighted by molar-refractivity contribution is 6.30. The molecule has 2 N–H and O–H groups in total. The minimum absolute atomic E-state index is 0.0840. The minimum atomic E-state index is -0.328. The Bertz CT molecular complexity index is 1060. The first-order valence-electron chi connectivity index (χ1n) is 8.55. The standard InChI is InChI=1S/C21H18ClN3O3/c1-14-2-11-20(27)25(12-14)13-19(26)23-17-7-3-15(4-8-17)21(28)24-18-9-5-16(22)6-10-18/h2-12H,13H2,1H3,(H,23,26)(H,24,28). The normalized spacial score (nSPS) is 10.4. The second-order valence-corrected chi connectivity index (χ2v) is 6.70. The first-order valence-corrected chi connectivity index (χ1v) is 8.92. The summed E-state index contributed by atoms with van der Waals surface area (Å²) in [7, 11) is 0. The van der Waals surface area contributed by atoms with E-state index in [0.29, 0.717) is 22.0 Å². The molecule has 0 radical (unpaired) electrons. The number of anilines is 2. The van der Waals surface area contributed by atoms with Crippen molar-refractivity contribution in [3.63, 3.8) is 0 Å². The molecule has 0 saturated heterocycles. The van der Waals surface area contributed by atoms with Gasteiger partial charge in [-0.05, 0) is 61.0 Å². The Balaban J connectivity index is 1.61. The van der Waals surface area contributed by atoms with Crippen molar-refractivity contribution in [2.75, 3.05) is 10.6 Å². The van der Waals surface area contributed by atoms with E-state index in [9.17, 15) is 14.4 Å². The number of amides is 2. The summed E-state index contributed by atoms with van der Waals surface area (Å²) >= 11 is 5.83. The molecule has 0 spiro atoms. The molecule has 28 heavy (non-hydrogen) atoms. The average Bonchev–Trinajstić information content (AvgIpc) is 2.67. The van der Waals surface area contributed by atoms with E-state index in [0.717, 1.165) is 5.56 Å². The summed E-state index contributed by atoms with van der Waals surface area (Å²) in [5.74, 6) is -0.599. The van der Waals surface area contributed by atoms with Gasteiger partial charge >= 0.3 is 0 Å². The van der Waals surface area contributed by atoms with Crippen LogP contribution in [0.15, 0.2) is 71.7 Å². The highest BCUT2D eigenvalue weighted by Crippen LogP contribution is 2.15. The average molecular weight is 396 g/mol. The molecule has 0 aliphatic heterocycles. The predicted molar refractivity (Wildman–Crippen MR) is 110 cm³/mol. The number of hydrogen-bond acceptors (Lipinski definition) is 3. The van der Waals surface area contributed by atoms with Crippen LogP contribution in [0.2, 0.25) is 5.02 Å². The van der Waals surface area contributed by atoms with Crippen molar-refractivity contribution >= 4 is 34.8 Å². The fourth-order valence-electron chi connectivity index (χ4n) is 2.57. The third kappa shape index (κ3) is 5.08. The smallest absolute Gasteiger partial charge is 0.255 e. The molecule has 1 heterocycles. The molecule has 2 aromatic carbocycles. The van der Waals surface area contributed by atoms with E-state index in [1.807, 2.05) is 6.92 Å². The first-order chi connectivity index (χ1) is 13.4. The fraction of sp³-hybridized carbons (Fsp3) is 0.0952. The van der Waals surface area contributed by atoms with Crippen molar-refractivity contribution in [2.45, 2.75) is 13.5 Å². The largest absolute Gasteiger partial charge is 0.325 e. The molecule has 3 aromatic rings. The monoisotopic (exact) mass is 395 g/mol. The van der Waals surface area contributed by atoms with Crippen molar-refractivity contribution in [3.05, 3.63) is 93.4 Å². The number of benzene rings is 2. The maximum atomic E-state index is 12.3. The van der Waals surface area contributed by atoms with Crippen LogP contribution >= 0.6 is 11.6 Å². The third-order valence-corrected chi connectivity index (χ3v) is 4.23. The van der Waals surface area contributed by atoms with Gasteiger partial charge in [0.05, 0.1) is 0 Å². The molecule has 0 unspecified atom stereocenters. The molecular formula is C21H18ClN3O3. The molecule has 6 nitrogen and oxygen atoms in total. The Morgan fingerprint density at radius 2 is 1.50 bits per heavy atom. The van der Waals surface area contributed by atoms with Gasteiger partial charge in [0.25, 0.3) is 11.5 Å². The number of carbonyl (C=O) groups is 2. The van der Waals surface area contributed by atoms with Gasteiger partial charge in [-0.2, -0.15) is 0 Å². The zero-order chi connectivity index (χ0) is 20.1. The quantitative estimate of drug-likeness (QED) is 0.691. The van der Waals surface area contributed by atoms with Crippen LogP contribution in [0.4, 0.5) is 11.4 Å². The molecule has 0 atom stereocenters. The van der Waals surface area contributed by atoms with E-state index in [4.69, 9.17) is 11.6 Å². The van der Waals surface area contributed by atoms with E-state index in [1.54, 1.807) is 60.8 Å². The maximum absolute atomic E-state index is 12.3.